The minimum absolute atomic E-state index is 0.105. The van der Waals surface area contributed by atoms with Crippen LogP contribution in [0.3, 0.4) is 0 Å². The van der Waals surface area contributed by atoms with E-state index in [1.165, 1.54) is 0 Å². The molecule has 0 fully saturated rings. The van der Waals surface area contributed by atoms with Gasteiger partial charge in [0.15, 0.2) is 17.6 Å². The first-order valence-corrected chi connectivity index (χ1v) is 10.9. The molecule has 33 heavy (non-hydrogen) atoms. The normalized spacial score (nSPS) is 14.8. The highest BCUT2D eigenvalue weighted by molar-refractivity contribution is 5.94. The summed E-state index contributed by atoms with van der Waals surface area (Å²) in [5.74, 6) is 1.94. The molecular formula is C26H25N3O4. The van der Waals surface area contributed by atoms with E-state index in [1.54, 1.807) is 24.1 Å². The number of rotatable bonds is 6. The Bertz CT molecular complexity index is 1300. The van der Waals surface area contributed by atoms with Crippen molar-refractivity contribution < 1.29 is 19.0 Å². The summed E-state index contributed by atoms with van der Waals surface area (Å²) in [6.07, 6.45) is 3.75. The molecule has 4 aromatic rings. The third kappa shape index (κ3) is 4.62. The molecule has 0 spiro atoms. The van der Waals surface area contributed by atoms with Gasteiger partial charge in [0, 0.05) is 25.0 Å². The summed E-state index contributed by atoms with van der Waals surface area (Å²) in [7, 11) is 1.76. The molecule has 0 N–H and O–H groups in total. The molecule has 1 unspecified atom stereocenters. The number of ether oxygens (including phenoxy) is 3. The minimum atomic E-state index is -0.230. The number of likely N-dealkylation sites (N-methyl/N-ethyl adjacent to an activating group) is 1. The van der Waals surface area contributed by atoms with E-state index in [2.05, 4.69) is 4.98 Å². The molecule has 1 amide bonds. The van der Waals surface area contributed by atoms with Crippen molar-refractivity contribution in [1.82, 2.24) is 14.3 Å². The van der Waals surface area contributed by atoms with Crippen molar-refractivity contribution in [3.05, 3.63) is 89.9 Å². The third-order valence-electron chi connectivity index (χ3n) is 5.51. The first-order valence-electron chi connectivity index (χ1n) is 10.9. The second-order valence-corrected chi connectivity index (χ2v) is 8.20. The van der Waals surface area contributed by atoms with Crippen molar-refractivity contribution in [2.45, 2.75) is 19.6 Å². The quantitative estimate of drug-likeness (QED) is 0.448. The van der Waals surface area contributed by atoms with Crippen LogP contribution in [0.5, 0.6) is 17.2 Å². The average molecular weight is 444 g/mol. The Morgan fingerprint density at radius 1 is 1.12 bits per heavy atom. The smallest absolute Gasteiger partial charge is 0.253 e. The van der Waals surface area contributed by atoms with Gasteiger partial charge in [0.1, 0.15) is 24.6 Å². The molecule has 2 aromatic heterocycles. The number of hydrogen-bond donors (Lipinski definition) is 0. The number of para-hydroxylation sites is 2. The van der Waals surface area contributed by atoms with E-state index >= 15 is 0 Å². The Labute approximate surface area is 192 Å². The summed E-state index contributed by atoms with van der Waals surface area (Å²) in [5, 5.41) is 0. The summed E-state index contributed by atoms with van der Waals surface area (Å²) >= 11 is 0. The Morgan fingerprint density at radius 2 is 1.97 bits per heavy atom. The van der Waals surface area contributed by atoms with Gasteiger partial charge in [-0.3, -0.25) is 4.79 Å². The lowest BCUT2D eigenvalue weighted by atomic mass is 10.2. The second kappa shape index (κ2) is 8.86. The maximum absolute atomic E-state index is 13.0. The van der Waals surface area contributed by atoms with E-state index in [0.717, 1.165) is 22.7 Å². The molecule has 0 saturated carbocycles. The Kier molecular flexibility index (Phi) is 5.60. The van der Waals surface area contributed by atoms with E-state index in [9.17, 15) is 4.79 Å². The molecule has 7 nitrogen and oxygen atoms in total. The highest BCUT2D eigenvalue weighted by Gasteiger charge is 2.24. The SMILES string of the molecule is Cc1ccc2nc(COc3cccc(C(=O)N(C)CC4COc5ccccc5O4)c3)cn2c1. The van der Waals surface area contributed by atoms with E-state index < -0.39 is 0 Å². The van der Waals surface area contributed by atoms with Crippen molar-refractivity contribution in [3.63, 3.8) is 0 Å². The van der Waals surface area contributed by atoms with Crippen LogP contribution in [0.25, 0.3) is 5.65 Å². The van der Waals surface area contributed by atoms with Crippen LogP contribution in [0.15, 0.2) is 73.1 Å². The molecule has 1 aliphatic heterocycles. The highest BCUT2D eigenvalue weighted by atomic mass is 16.6. The van der Waals surface area contributed by atoms with E-state index in [0.29, 0.717) is 36.8 Å². The fourth-order valence-electron chi connectivity index (χ4n) is 3.86. The molecule has 0 aliphatic carbocycles. The van der Waals surface area contributed by atoms with Gasteiger partial charge in [-0.15, -0.1) is 0 Å². The third-order valence-corrected chi connectivity index (χ3v) is 5.51. The van der Waals surface area contributed by atoms with E-state index in [4.69, 9.17) is 14.2 Å². The average Bonchev–Trinajstić information content (AvgIpc) is 3.24. The zero-order chi connectivity index (χ0) is 22.8. The Hall–Kier alpha value is -4.00. The molecule has 1 atom stereocenters. The van der Waals surface area contributed by atoms with E-state index in [1.807, 2.05) is 72.2 Å². The van der Waals surface area contributed by atoms with Crippen LogP contribution >= 0.6 is 0 Å². The van der Waals surface area contributed by atoms with Crippen LogP contribution in [0, 0.1) is 6.92 Å². The lowest BCUT2D eigenvalue weighted by Gasteiger charge is -2.29. The van der Waals surface area contributed by atoms with Gasteiger partial charge in [0.05, 0.1) is 12.2 Å². The molecule has 1 aliphatic rings. The van der Waals surface area contributed by atoms with Crippen molar-refractivity contribution >= 4 is 11.6 Å². The molecule has 0 bridgehead atoms. The summed E-state index contributed by atoms with van der Waals surface area (Å²) in [6, 6.07) is 18.8. The lowest BCUT2D eigenvalue weighted by Crippen LogP contribution is -2.41. The van der Waals surface area contributed by atoms with Crippen LogP contribution < -0.4 is 14.2 Å². The summed E-state index contributed by atoms with van der Waals surface area (Å²) in [4.78, 5) is 19.2. The van der Waals surface area contributed by atoms with Gasteiger partial charge in [0.2, 0.25) is 0 Å². The fraction of sp³-hybridized carbons (Fsp3) is 0.231. The number of imidazole rings is 1. The zero-order valence-electron chi connectivity index (χ0n) is 18.6. The maximum Gasteiger partial charge on any atom is 0.253 e. The molecule has 168 valence electrons. The summed E-state index contributed by atoms with van der Waals surface area (Å²) in [5.41, 5.74) is 3.42. The molecule has 7 heteroatoms. The second-order valence-electron chi connectivity index (χ2n) is 8.20. The van der Waals surface area contributed by atoms with Crippen LogP contribution in [0.1, 0.15) is 21.6 Å². The van der Waals surface area contributed by atoms with Crippen molar-refractivity contribution in [2.75, 3.05) is 20.2 Å². The number of amides is 1. The monoisotopic (exact) mass is 443 g/mol. The number of fused-ring (bicyclic) bond motifs is 2. The predicted octanol–water partition coefficient (Wildman–Crippen LogP) is 4.13. The summed E-state index contributed by atoms with van der Waals surface area (Å²) < 4.78 is 19.6. The molecular weight excluding hydrogens is 418 g/mol. The van der Waals surface area contributed by atoms with Gasteiger partial charge in [-0.25, -0.2) is 4.98 Å². The first-order chi connectivity index (χ1) is 16.0. The van der Waals surface area contributed by atoms with Crippen molar-refractivity contribution in [1.29, 1.82) is 0 Å². The van der Waals surface area contributed by atoms with Gasteiger partial charge >= 0.3 is 0 Å². The molecule has 5 rings (SSSR count). The number of carbonyl (C=O) groups excluding carboxylic acids is 1. The molecule has 2 aromatic carbocycles. The predicted molar refractivity (Wildman–Crippen MR) is 124 cm³/mol. The topological polar surface area (TPSA) is 65.3 Å². The molecule has 0 radical (unpaired) electrons. The van der Waals surface area contributed by atoms with Crippen molar-refractivity contribution in [2.24, 2.45) is 0 Å². The lowest BCUT2D eigenvalue weighted by molar-refractivity contribution is 0.0520. The van der Waals surface area contributed by atoms with Gasteiger partial charge < -0.3 is 23.5 Å². The fourth-order valence-corrected chi connectivity index (χ4v) is 3.86. The van der Waals surface area contributed by atoms with Crippen molar-refractivity contribution in [3.8, 4) is 17.2 Å². The van der Waals surface area contributed by atoms with Gasteiger partial charge in [-0.05, 0) is 48.9 Å². The number of carbonyl (C=O) groups is 1. The number of hydrogen-bond acceptors (Lipinski definition) is 5. The van der Waals surface area contributed by atoms with Gasteiger partial charge in [0.25, 0.3) is 5.91 Å². The van der Waals surface area contributed by atoms with Crippen LogP contribution in [0.2, 0.25) is 0 Å². The number of benzene rings is 2. The van der Waals surface area contributed by atoms with Crippen LogP contribution in [-0.2, 0) is 6.61 Å². The highest BCUT2D eigenvalue weighted by Crippen LogP contribution is 2.31. The van der Waals surface area contributed by atoms with E-state index in [-0.39, 0.29) is 12.0 Å². The number of aryl methyl sites for hydroxylation is 1. The summed E-state index contributed by atoms with van der Waals surface area (Å²) in [6.45, 7) is 3.18. The number of aromatic nitrogens is 2. The number of nitrogens with zero attached hydrogens (tertiary/aromatic N) is 3. The largest absolute Gasteiger partial charge is 0.487 e. The first kappa shape index (κ1) is 20.9. The maximum atomic E-state index is 13.0. The minimum Gasteiger partial charge on any atom is -0.487 e. The molecule has 3 heterocycles. The Balaban J connectivity index is 1.21. The van der Waals surface area contributed by atoms with Crippen LogP contribution in [-0.4, -0.2) is 46.5 Å². The Morgan fingerprint density at radius 3 is 2.85 bits per heavy atom. The van der Waals surface area contributed by atoms with Crippen LogP contribution in [0.4, 0.5) is 0 Å². The molecule has 0 saturated heterocycles. The van der Waals surface area contributed by atoms with Gasteiger partial charge in [-0.2, -0.15) is 0 Å². The zero-order valence-corrected chi connectivity index (χ0v) is 18.6. The standard InChI is InChI=1S/C26H25N3O4/c1-18-10-11-25-27-20(14-29(25)13-18)16-31-21-7-5-6-19(12-21)26(30)28(2)15-22-17-32-23-8-3-4-9-24(23)33-22/h3-14,22H,15-17H2,1-2H3. The number of pyridine rings is 1. The van der Waals surface area contributed by atoms with Gasteiger partial charge in [-0.1, -0.05) is 24.3 Å².